The molecular weight excluding hydrogens is 385 g/mol. The van der Waals surface area contributed by atoms with Crippen molar-refractivity contribution in [1.82, 2.24) is 4.90 Å². The normalized spacial score (nSPS) is 17.6. The zero-order chi connectivity index (χ0) is 21.5. The number of hydrogen-bond acceptors (Lipinski definition) is 4. The molecule has 0 saturated carbocycles. The first-order valence-corrected chi connectivity index (χ1v) is 10.4. The lowest BCUT2D eigenvalue weighted by atomic mass is 9.82. The van der Waals surface area contributed by atoms with E-state index < -0.39 is 11.4 Å². The minimum Gasteiger partial charge on any atom is -0.491 e. The quantitative estimate of drug-likeness (QED) is 0.743. The Balaban J connectivity index is 1.45. The molecule has 0 N–H and O–H groups in total. The van der Waals surface area contributed by atoms with Gasteiger partial charge in [0.25, 0.3) is 5.91 Å². The number of fused-ring (bicyclic) bond motifs is 1. The van der Waals surface area contributed by atoms with Gasteiger partial charge in [0.05, 0.1) is 18.1 Å². The van der Waals surface area contributed by atoms with Gasteiger partial charge in [-0.15, -0.1) is 0 Å². The van der Waals surface area contributed by atoms with Crippen LogP contribution in [0.15, 0.2) is 36.4 Å². The predicted molar refractivity (Wildman–Crippen MR) is 111 cm³/mol. The number of piperidine rings is 1. The lowest BCUT2D eigenvalue weighted by Gasteiger charge is -2.44. The van der Waals surface area contributed by atoms with E-state index in [1.165, 1.54) is 6.07 Å². The Bertz CT molecular complexity index is 993. The van der Waals surface area contributed by atoms with Gasteiger partial charge in [-0.2, -0.15) is 0 Å². The number of benzene rings is 2. The maximum Gasteiger partial charge on any atom is 0.253 e. The van der Waals surface area contributed by atoms with Gasteiger partial charge in [-0.05, 0) is 56.7 Å². The van der Waals surface area contributed by atoms with Crippen LogP contribution in [-0.2, 0) is 0 Å². The first kappa shape index (κ1) is 20.4. The van der Waals surface area contributed by atoms with Crippen molar-refractivity contribution in [2.75, 3.05) is 13.1 Å². The van der Waals surface area contributed by atoms with Crippen molar-refractivity contribution in [2.45, 2.75) is 51.7 Å². The molecule has 1 spiro atoms. The zero-order valence-corrected chi connectivity index (χ0v) is 17.5. The van der Waals surface area contributed by atoms with E-state index in [0.29, 0.717) is 37.2 Å². The summed E-state index contributed by atoms with van der Waals surface area (Å²) in [7, 11) is 0. The van der Waals surface area contributed by atoms with Crippen molar-refractivity contribution in [3.63, 3.8) is 0 Å². The highest BCUT2D eigenvalue weighted by Crippen LogP contribution is 2.40. The Morgan fingerprint density at radius 3 is 2.60 bits per heavy atom. The van der Waals surface area contributed by atoms with Crippen LogP contribution in [0, 0.1) is 12.7 Å². The molecule has 2 aromatic rings. The molecule has 0 aromatic heterocycles. The second kappa shape index (κ2) is 7.74. The fourth-order valence-electron chi connectivity index (χ4n) is 4.26. The van der Waals surface area contributed by atoms with Crippen LogP contribution in [0.1, 0.15) is 59.4 Å². The summed E-state index contributed by atoms with van der Waals surface area (Å²) >= 11 is 0. The summed E-state index contributed by atoms with van der Waals surface area (Å²) in [5.41, 5.74) is 0.913. The minimum absolute atomic E-state index is 0.0424. The van der Waals surface area contributed by atoms with Crippen LogP contribution in [0.2, 0.25) is 0 Å². The molecule has 2 aliphatic rings. The van der Waals surface area contributed by atoms with Crippen molar-refractivity contribution in [2.24, 2.45) is 0 Å². The number of ketones is 1. The highest BCUT2D eigenvalue weighted by molar-refractivity contribution is 6.00. The summed E-state index contributed by atoms with van der Waals surface area (Å²) in [6, 6.07) is 9.94. The minimum atomic E-state index is -0.667. The second-order valence-electron chi connectivity index (χ2n) is 8.44. The van der Waals surface area contributed by atoms with Gasteiger partial charge in [0.15, 0.2) is 5.78 Å². The molecule has 0 atom stereocenters. The standard InChI is InChI=1S/C24H26FNO4/c1-15(2)29-20-8-7-17(13-16(20)3)23(28)26-11-9-24(10-12-26)14-19(27)22-18(25)5-4-6-21(22)30-24/h4-8,13,15H,9-12,14H2,1-3H3. The molecular formula is C24H26FNO4. The summed E-state index contributed by atoms with van der Waals surface area (Å²) in [5.74, 6) is 0.268. The Morgan fingerprint density at radius 1 is 1.20 bits per heavy atom. The third-order valence-corrected chi connectivity index (χ3v) is 5.81. The molecule has 158 valence electrons. The Hall–Kier alpha value is -2.89. The van der Waals surface area contributed by atoms with Crippen molar-refractivity contribution in [3.8, 4) is 11.5 Å². The number of Topliss-reactive ketones (excluding diaryl/α,β-unsaturated/α-hetero) is 1. The maximum atomic E-state index is 14.0. The molecule has 0 radical (unpaired) electrons. The molecule has 0 unspecified atom stereocenters. The lowest BCUT2D eigenvalue weighted by molar-refractivity contribution is -0.00617. The smallest absolute Gasteiger partial charge is 0.253 e. The number of aryl methyl sites for hydroxylation is 1. The Labute approximate surface area is 175 Å². The first-order chi connectivity index (χ1) is 14.3. The van der Waals surface area contributed by atoms with E-state index in [1.807, 2.05) is 32.9 Å². The molecule has 1 amide bonds. The average Bonchev–Trinajstić information content (AvgIpc) is 2.69. The van der Waals surface area contributed by atoms with Crippen LogP contribution in [0.25, 0.3) is 0 Å². The number of ether oxygens (including phenoxy) is 2. The fourth-order valence-corrected chi connectivity index (χ4v) is 4.26. The van der Waals surface area contributed by atoms with Crippen molar-refractivity contribution < 1.29 is 23.5 Å². The van der Waals surface area contributed by atoms with Gasteiger partial charge in [-0.25, -0.2) is 4.39 Å². The number of hydrogen-bond donors (Lipinski definition) is 0. The number of rotatable bonds is 3. The summed E-state index contributed by atoms with van der Waals surface area (Å²) in [6.07, 6.45) is 1.28. The van der Waals surface area contributed by atoms with E-state index >= 15 is 0 Å². The van der Waals surface area contributed by atoms with Crippen LogP contribution >= 0.6 is 0 Å². The van der Waals surface area contributed by atoms with Crippen LogP contribution in [0.4, 0.5) is 4.39 Å². The number of likely N-dealkylation sites (tertiary alicyclic amines) is 1. The number of nitrogens with zero attached hydrogens (tertiary/aromatic N) is 1. The summed E-state index contributed by atoms with van der Waals surface area (Å²) in [6.45, 7) is 6.83. The van der Waals surface area contributed by atoms with E-state index in [-0.39, 0.29) is 29.8 Å². The monoisotopic (exact) mass is 411 g/mol. The van der Waals surface area contributed by atoms with E-state index in [0.717, 1.165) is 11.3 Å². The third-order valence-electron chi connectivity index (χ3n) is 5.81. The molecule has 2 aliphatic heterocycles. The van der Waals surface area contributed by atoms with E-state index in [2.05, 4.69) is 0 Å². The van der Waals surface area contributed by atoms with Crippen molar-refractivity contribution in [1.29, 1.82) is 0 Å². The van der Waals surface area contributed by atoms with Gasteiger partial charge in [0.2, 0.25) is 0 Å². The van der Waals surface area contributed by atoms with Crippen molar-refractivity contribution in [3.05, 3.63) is 58.9 Å². The molecule has 6 heteroatoms. The number of halogens is 1. The van der Waals surface area contributed by atoms with Crippen LogP contribution < -0.4 is 9.47 Å². The molecule has 30 heavy (non-hydrogen) atoms. The zero-order valence-electron chi connectivity index (χ0n) is 17.5. The van der Waals surface area contributed by atoms with E-state index in [1.54, 1.807) is 23.1 Å². The molecule has 1 fully saturated rings. The van der Waals surface area contributed by atoms with Gasteiger partial charge in [0, 0.05) is 31.5 Å². The molecule has 0 aliphatic carbocycles. The van der Waals surface area contributed by atoms with Crippen molar-refractivity contribution >= 4 is 11.7 Å². The Kier molecular flexibility index (Phi) is 5.26. The van der Waals surface area contributed by atoms with Gasteiger partial charge >= 0.3 is 0 Å². The largest absolute Gasteiger partial charge is 0.491 e. The average molecular weight is 411 g/mol. The topological polar surface area (TPSA) is 55.8 Å². The van der Waals surface area contributed by atoms with Crippen LogP contribution in [0.3, 0.4) is 0 Å². The Morgan fingerprint density at radius 2 is 1.93 bits per heavy atom. The molecule has 4 rings (SSSR count). The van der Waals surface area contributed by atoms with Gasteiger partial charge in [0.1, 0.15) is 22.9 Å². The van der Waals surface area contributed by atoms with Gasteiger partial charge < -0.3 is 14.4 Å². The van der Waals surface area contributed by atoms with Gasteiger partial charge in [-0.3, -0.25) is 9.59 Å². The van der Waals surface area contributed by atoms with Crippen LogP contribution in [-0.4, -0.2) is 41.4 Å². The summed E-state index contributed by atoms with van der Waals surface area (Å²) in [4.78, 5) is 27.3. The maximum absolute atomic E-state index is 14.0. The third kappa shape index (κ3) is 3.78. The second-order valence-corrected chi connectivity index (χ2v) is 8.44. The fraction of sp³-hybridized carbons (Fsp3) is 0.417. The molecule has 2 heterocycles. The summed E-state index contributed by atoms with van der Waals surface area (Å²) < 4.78 is 25.9. The van der Waals surface area contributed by atoms with Gasteiger partial charge in [-0.1, -0.05) is 6.07 Å². The highest BCUT2D eigenvalue weighted by Gasteiger charge is 2.44. The number of amides is 1. The SMILES string of the molecule is Cc1cc(C(=O)N2CCC3(CC2)CC(=O)c2c(F)cccc2O3)ccc1OC(C)C. The summed E-state index contributed by atoms with van der Waals surface area (Å²) in [5, 5.41) is 0. The highest BCUT2D eigenvalue weighted by atomic mass is 19.1. The number of carbonyl (C=O) groups is 2. The molecule has 2 aromatic carbocycles. The lowest BCUT2D eigenvalue weighted by Crippen LogP contribution is -2.52. The molecule has 5 nitrogen and oxygen atoms in total. The molecule has 0 bridgehead atoms. The molecule has 1 saturated heterocycles. The number of carbonyl (C=O) groups excluding carboxylic acids is 2. The van der Waals surface area contributed by atoms with Crippen LogP contribution in [0.5, 0.6) is 11.5 Å². The first-order valence-electron chi connectivity index (χ1n) is 10.4. The predicted octanol–water partition coefficient (Wildman–Crippen LogP) is 4.56. The van der Waals surface area contributed by atoms with E-state index in [4.69, 9.17) is 9.47 Å². The van der Waals surface area contributed by atoms with E-state index in [9.17, 15) is 14.0 Å².